The number of pyridine rings is 1. The Morgan fingerprint density at radius 3 is 2.94 bits per heavy atom. The SMILES string of the molecule is CCn1nc(-c2ccccn2)c2sccc2c1=O. The molecule has 0 atom stereocenters. The number of thiophene rings is 1. The number of aromatic nitrogens is 3. The first kappa shape index (κ1) is 11.1. The minimum atomic E-state index is -0.0339. The summed E-state index contributed by atoms with van der Waals surface area (Å²) in [5, 5.41) is 7.05. The van der Waals surface area contributed by atoms with Crippen LogP contribution >= 0.6 is 11.3 Å². The molecule has 0 saturated heterocycles. The lowest BCUT2D eigenvalue weighted by molar-refractivity contribution is 0.626. The zero-order valence-electron chi connectivity index (χ0n) is 9.83. The molecule has 0 fully saturated rings. The standard InChI is InChI=1S/C13H11N3OS/c1-2-16-13(17)9-6-8-18-12(9)11(15-16)10-5-3-4-7-14-10/h3-8H,2H2,1H3. The van der Waals surface area contributed by atoms with E-state index in [1.54, 1.807) is 6.20 Å². The van der Waals surface area contributed by atoms with Gasteiger partial charge in [-0.2, -0.15) is 5.10 Å². The maximum absolute atomic E-state index is 12.1. The lowest BCUT2D eigenvalue weighted by Gasteiger charge is -2.06. The van der Waals surface area contributed by atoms with Crippen molar-refractivity contribution in [1.29, 1.82) is 0 Å². The van der Waals surface area contributed by atoms with Crippen LogP contribution in [0.2, 0.25) is 0 Å². The third-order valence-electron chi connectivity index (χ3n) is 2.77. The van der Waals surface area contributed by atoms with E-state index in [1.807, 2.05) is 36.6 Å². The first-order valence-corrected chi connectivity index (χ1v) is 6.59. The van der Waals surface area contributed by atoms with Crippen LogP contribution < -0.4 is 5.56 Å². The number of aryl methyl sites for hydroxylation is 1. The van der Waals surface area contributed by atoms with Crippen molar-refractivity contribution in [3.8, 4) is 11.4 Å². The summed E-state index contributed by atoms with van der Waals surface area (Å²) in [6.45, 7) is 2.47. The molecule has 0 spiro atoms. The first-order chi connectivity index (χ1) is 8.81. The second-order valence-electron chi connectivity index (χ2n) is 3.85. The van der Waals surface area contributed by atoms with Crippen LogP contribution in [0.5, 0.6) is 0 Å². The molecule has 90 valence electrons. The molecule has 3 aromatic rings. The highest BCUT2D eigenvalue weighted by Crippen LogP contribution is 2.27. The van der Waals surface area contributed by atoms with E-state index in [-0.39, 0.29) is 5.56 Å². The molecule has 0 aliphatic heterocycles. The van der Waals surface area contributed by atoms with Gasteiger partial charge in [0.2, 0.25) is 0 Å². The maximum Gasteiger partial charge on any atom is 0.275 e. The molecule has 0 aliphatic rings. The molecule has 18 heavy (non-hydrogen) atoms. The van der Waals surface area contributed by atoms with Crippen molar-refractivity contribution in [2.75, 3.05) is 0 Å². The van der Waals surface area contributed by atoms with Crippen LogP contribution in [-0.2, 0) is 6.54 Å². The highest BCUT2D eigenvalue weighted by Gasteiger charge is 2.13. The zero-order valence-corrected chi connectivity index (χ0v) is 10.6. The van der Waals surface area contributed by atoms with Crippen molar-refractivity contribution < 1.29 is 0 Å². The number of nitrogens with zero attached hydrogens (tertiary/aromatic N) is 3. The Balaban J connectivity index is 2.39. The molecule has 4 nitrogen and oxygen atoms in total. The molecule has 5 heteroatoms. The second kappa shape index (κ2) is 4.34. The Kier molecular flexibility index (Phi) is 2.68. The van der Waals surface area contributed by atoms with E-state index >= 15 is 0 Å². The third-order valence-corrected chi connectivity index (χ3v) is 3.69. The van der Waals surface area contributed by atoms with Gasteiger partial charge in [-0.25, -0.2) is 4.68 Å². The van der Waals surface area contributed by atoms with Gasteiger partial charge in [0.25, 0.3) is 5.56 Å². The molecule has 0 unspecified atom stereocenters. The van der Waals surface area contributed by atoms with Crippen LogP contribution in [0.4, 0.5) is 0 Å². The molecule has 3 rings (SSSR count). The van der Waals surface area contributed by atoms with Gasteiger partial charge in [0.15, 0.2) is 0 Å². The van der Waals surface area contributed by atoms with Crippen LogP contribution in [0, 0.1) is 0 Å². The predicted octanol–water partition coefficient (Wildman–Crippen LogP) is 2.54. The molecule has 0 radical (unpaired) electrons. The van der Waals surface area contributed by atoms with Gasteiger partial charge in [-0.1, -0.05) is 6.07 Å². The monoisotopic (exact) mass is 257 g/mol. The summed E-state index contributed by atoms with van der Waals surface area (Å²) >= 11 is 1.53. The van der Waals surface area contributed by atoms with Gasteiger partial charge < -0.3 is 0 Å². The number of rotatable bonds is 2. The predicted molar refractivity (Wildman–Crippen MR) is 72.8 cm³/mol. The topological polar surface area (TPSA) is 47.8 Å². The van der Waals surface area contributed by atoms with E-state index in [0.717, 1.165) is 21.5 Å². The number of fused-ring (bicyclic) bond motifs is 1. The van der Waals surface area contributed by atoms with Gasteiger partial charge in [0.05, 0.1) is 15.8 Å². The summed E-state index contributed by atoms with van der Waals surface area (Å²) in [6.07, 6.45) is 1.73. The van der Waals surface area contributed by atoms with Gasteiger partial charge >= 0.3 is 0 Å². The Morgan fingerprint density at radius 1 is 1.33 bits per heavy atom. The molecular formula is C13H11N3OS. The van der Waals surface area contributed by atoms with Crippen LogP contribution in [0.1, 0.15) is 6.92 Å². The van der Waals surface area contributed by atoms with E-state index in [1.165, 1.54) is 16.0 Å². The summed E-state index contributed by atoms with van der Waals surface area (Å²) < 4.78 is 2.39. The smallest absolute Gasteiger partial charge is 0.267 e. The lowest BCUT2D eigenvalue weighted by Crippen LogP contribution is -2.22. The van der Waals surface area contributed by atoms with Crippen molar-refractivity contribution in [1.82, 2.24) is 14.8 Å². The minimum Gasteiger partial charge on any atom is -0.267 e. The van der Waals surface area contributed by atoms with Crippen molar-refractivity contribution >= 4 is 21.4 Å². The normalized spacial score (nSPS) is 10.9. The summed E-state index contributed by atoms with van der Waals surface area (Å²) in [5.41, 5.74) is 1.54. The molecule has 0 aromatic carbocycles. The highest BCUT2D eigenvalue weighted by molar-refractivity contribution is 7.17. The zero-order chi connectivity index (χ0) is 12.5. The highest BCUT2D eigenvalue weighted by atomic mass is 32.1. The Labute approximate surface area is 108 Å². The van der Waals surface area contributed by atoms with Crippen molar-refractivity contribution in [3.05, 3.63) is 46.2 Å². The first-order valence-electron chi connectivity index (χ1n) is 5.71. The summed E-state index contributed by atoms with van der Waals surface area (Å²) in [7, 11) is 0. The van der Waals surface area contributed by atoms with Gasteiger partial charge in [-0.05, 0) is 30.5 Å². The minimum absolute atomic E-state index is 0.0339. The van der Waals surface area contributed by atoms with E-state index in [2.05, 4.69) is 10.1 Å². The van der Waals surface area contributed by atoms with E-state index in [4.69, 9.17) is 0 Å². The molecule has 0 N–H and O–H groups in total. The fourth-order valence-corrected chi connectivity index (χ4v) is 2.78. The Morgan fingerprint density at radius 2 is 2.22 bits per heavy atom. The molecule has 0 saturated carbocycles. The van der Waals surface area contributed by atoms with Crippen molar-refractivity contribution in [3.63, 3.8) is 0 Å². The fourth-order valence-electron chi connectivity index (χ4n) is 1.90. The average molecular weight is 257 g/mol. The molecule has 0 amide bonds. The quantitative estimate of drug-likeness (QED) is 0.708. The van der Waals surface area contributed by atoms with Gasteiger partial charge in [-0.15, -0.1) is 11.3 Å². The largest absolute Gasteiger partial charge is 0.275 e. The van der Waals surface area contributed by atoms with E-state index < -0.39 is 0 Å². The maximum atomic E-state index is 12.1. The average Bonchev–Trinajstić information content (AvgIpc) is 2.90. The summed E-state index contributed by atoms with van der Waals surface area (Å²) in [6, 6.07) is 7.55. The van der Waals surface area contributed by atoms with Crippen molar-refractivity contribution in [2.45, 2.75) is 13.5 Å². The van der Waals surface area contributed by atoms with Gasteiger partial charge in [-0.3, -0.25) is 9.78 Å². The lowest BCUT2D eigenvalue weighted by atomic mass is 10.2. The number of hydrogen-bond acceptors (Lipinski definition) is 4. The van der Waals surface area contributed by atoms with Gasteiger partial charge in [0.1, 0.15) is 5.69 Å². The fraction of sp³-hybridized carbons (Fsp3) is 0.154. The van der Waals surface area contributed by atoms with Crippen molar-refractivity contribution in [2.24, 2.45) is 0 Å². The Hall–Kier alpha value is -2.01. The molecule has 0 bridgehead atoms. The van der Waals surface area contributed by atoms with Crippen LogP contribution in [0.3, 0.4) is 0 Å². The molecule has 3 heterocycles. The molecule has 3 aromatic heterocycles. The van der Waals surface area contributed by atoms with Crippen LogP contribution in [0.25, 0.3) is 21.5 Å². The second-order valence-corrected chi connectivity index (χ2v) is 4.76. The third kappa shape index (κ3) is 1.64. The number of hydrogen-bond donors (Lipinski definition) is 0. The van der Waals surface area contributed by atoms with Crippen LogP contribution in [0.15, 0.2) is 40.6 Å². The van der Waals surface area contributed by atoms with E-state index in [0.29, 0.717) is 6.54 Å². The molecular weight excluding hydrogens is 246 g/mol. The van der Waals surface area contributed by atoms with Crippen LogP contribution in [-0.4, -0.2) is 14.8 Å². The molecule has 0 aliphatic carbocycles. The summed E-state index contributed by atoms with van der Waals surface area (Å²) in [4.78, 5) is 16.4. The summed E-state index contributed by atoms with van der Waals surface area (Å²) in [5.74, 6) is 0. The Bertz CT molecular complexity index is 746. The van der Waals surface area contributed by atoms with E-state index in [9.17, 15) is 4.79 Å². The van der Waals surface area contributed by atoms with Gasteiger partial charge in [0, 0.05) is 12.7 Å².